The summed E-state index contributed by atoms with van der Waals surface area (Å²) in [4.78, 5) is 45.7. The van der Waals surface area contributed by atoms with Crippen molar-refractivity contribution in [2.24, 2.45) is 11.3 Å². The normalized spacial score (nSPS) is 26.0. The number of hydrogen-bond donors (Lipinski definition) is 1. The van der Waals surface area contributed by atoms with Crippen LogP contribution in [0.2, 0.25) is 0 Å². The molecule has 1 aliphatic heterocycles. The van der Waals surface area contributed by atoms with Crippen LogP contribution in [0.4, 0.5) is 9.18 Å². The molecule has 41 heavy (non-hydrogen) atoms. The van der Waals surface area contributed by atoms with E-state index in [-0.39, 0.29) is 37.6 Å². The molecule has 3 aliphatic rings. The molecule has 1 N–H and O–H groups in total. The first-order chi connectivity index (χ1) is 19.2. The van der Waals surface area contributed by atoms with E-state index in [2.05, 4.69) is 16.3 Å². The first-order valence-electron chi connectivity index (χ1n) is 13.6. The van der Waals surface area contributed by atoms with Crippen molar-refractivity contribution in [1.29, 1.82) is 0 Å². The van der Waals surface area contributed by atoms with Gasteiger partial charge in [-0.3, -0.25) is 19.2 Å². The predicted molar refractivity (Wildman–Crippen MR) is 148 cm³/mol. The quantitative estimate of drug-likeness (QED) is 0.437. The van der Waals surface area contributed by atoms with Gasteiger partial charge in [0.25, 0.3) is 0 Å². The lowest BCUT2D eigenvalue weighted by Crippen LogP contribution is -2.46. The first kappa shape index (κ1) is 29.0. The molecular formula is C29H34FN3O7S. The monoisotopic (exact) mass is 587 g/mol. The van der Waals surface area contributed by atoms with Crippen molar-refractivity contribution in [3.8, 4) is 5.88 Å². The number of nitrogens with one attached hydrogen (secondary N) is 1. The Kier molecular flexibility index (Phi) is 7.33. The maximum absolute atomic E-state index is 14.3. The maximum atomic E-state index is 14.3. The number of ketones is 1. The Morgan fingerprint density at radius 1 is 1.22 bits per heavy atom. The summed E-state index contributed by atoms with van der Waals surface area (Å²) < 4.78 is 53.1. The number of likely N-dealkylation sites (tertiary alicyclic amines) is 1. The largest absolute Gasteiger partial charge is 0.472 e. The number of halogens is 1. The van der Waals surface area contributed by atoms with E-state index >= 15 is 0 Å². The maximum Gasteiger partial charge on any atom is 0.411 e. The summed E-state index contributed by atoms with van der Waals surface area (Å²) in [6, 6.07) is 5.09. The van der Waals surface area contributed by atoms with E-state index in [1.165, 1.54) is 23.2 Å². The Balaban J connectivity index is 1.38. The van der Waals surface area contributed by atoms with Crippen LogP contribution in [0.15, 0.2) is 43.1 Å². The van der Waals surface area contributed by atoms with Crippen molar-refractivity contribution in [2.75, 3.05) is 6.54 Å². The Labute approximate surface area is 238 Å². The molecule has 12 heteroatoms. The minimum atomic E-state index is -3.81. The van der Waals surface area contributed by atoms with Gasteiger partial charge < -0.3 is 9.47 Å². The lowest BCUT2D eigenvalue weighted by molar-refractivity contribution is -0.131. The molecule has 2 aliphatic carbocycles. The number of amides is 2. The van der Waals surface area contributed by atoms with Gasteiger partial charge in [0.2, 0.25) is 21.8 Å². The number of nitrogens with zero attached hydrogens (tertiary/aromatic N) is 2. The Hall–Kier alpha value is -3.54. The van der Waals surface area contributed by atoms with Gasteiger partial charge in [-0.25, -0.2) is 22.6 Å². The molecule has 0 radical (unpaired) electrons. The summed E-state index contributed by atoms with van der Waals surface area (Å²) in [7, 11) is -3.81. The van der Waals surface area contributed by atoms with Crippen molar-refractivity contribution < 1.29 is 36.7 Å². The van der Waals surface area contributed by atoms with E-state index in [4.69, 9.17) is 9.47 Å². The number of aromatic nitrogens is 1. The van der Waals surface area contributed by atoms with E-state index in [0.717, 1.165) is 0 Å². The molecule has 220 valence electrons. The van der Waals surface area contributed by atoms with Crippen molar-refractivity contribution in [3.05, 3.63) is 48.9 Å². The highest BCUT2D eigenvalue weighted by molar-refractivity contribution is 7.90. The number of sulfonamides is 1. The van der Waals surface area contributed by atoms with E-state index in [1.807, 2.05) is 0 Å². The second-order valence-electron chi connectivity index (χ2n) is 12.1. The van der Waals surface area contributed by atoms with Gasteiger partial charge in [-0.05, 0) is 64.2 Å². The number of allylic oxidation sites excluding steroid dienone is 1. The van der Waals surface area contributed by atoms with Crippen molar-refractivity contribution in [2.45, 2.75) is 75.9 Å². The molecule has 2 saturated carbocycles. The molecule has 2 amide bonds. The molecule has 3 fully saturated rings. The molecular weight excluding hydrogens is 553 g/mol. The van der Waals surface area contributed by atoms with E-state index in [9.17, 15) is 27.2 Å². The van der Waals surface area contributed by atoms with Crippen molar-refractivity contribution >= 4 is 38.6 Å². The fourth-order valence-electron chi connectivity index (χ4n) is 5.41. The smallest absolute Gasteiger partial charge is 0.411 e. The highest BCUT2D eigenvalue weighted by Gasteiger charge is 2.61. The number of carbonyl (C=O) groups is 3. The fourth-order valence-corrected chi connectivity index (χ4v) is 6.80. The molecule has 10 nitrogen and oxygen atoms in total. The number of benzene rings is 1. The number of hydrogen-bond acceptors (Lipinski definition) is 8. The number of ether oxygens (including phenoxy) is 2. The van der Waals surface area contributed by atoms with E-state index < -0.39 is 62.0 Å². The van der Waals surface area contributed by atoms with Crippen molar-refractivity contribution in [3.63, 3.8) is 0 Å². The minimum absolute atomic E-state index is 0.00114. The summed E-state index contributed by atoms with van der Waals surface area (Å²) in [5.41, 5.74) is -2.09. The number of rotatable bonds is 9. The molecule has 2 aromatic rings. The van der Waals surface area contributed by atoms with Crippen LogP contribution in [0.25, 0.3) is 10.8 Å². The molecule has 2 heterocycles. The molecule has 1 aromatic carbocycles. The summed E-state index contributed by atoms with van der Waals surface area (Å²) >= 11 is 0. The van der Waals surface area contributed by atoms with Crippen LogP contribution < -0.4 is 9.46 Å². The summed E-state index contributed by atoms with van der Waals surface area (Å²) in [6.45, 7) is 8.86. The first-order valence-corrected chi connectivity index (χ1v) is 15.2. The Morgan fingerprint density at radius 2 is 1.95 bits per heavy atom. The van der Waals surface area contributed by atoms with E-state index in [0.29, 0.717) is 23.6 Å². The fraction of sp³-hybridized carbons (Fsp3) is 0.517. The highest BCUT2D eigenvalue weighted by Crippen LogP contribution is 2.57. The highest BCUT2D eigenvalue weighted by atomic mass is 32.2. The summed E-state index contributed by atoms with van der Waals surface area (Å²) in [5, 5.41) is 0.183. The zero-order valence-electron chi connectivity index (χ0n) is 23.3. The van der Waals surface area contributed by atoms with Gasteiger partial charge in [-0.1, -0.05) is 12.1 Å². The van der Waals surface area contributed by atoms with Crippen LogP contribution >= 0.6 is 0 Å². The van der Waals surface area contributed by atoms with Crippen LogP contribution in [-0.4, -0.2) is 65.6 Å². The Bertz CT molecular complexity index is 1520. The zero-order chi connectivity index (χ0) is 29.7. The van der Waals surface area contributed by atoms with Crippen molar-refractivity contribution in [1.82, 2.24) is 14.6 Å². The molecule has 1 aromatic heterocycles. The third-order valence-corrected chi connectivity index (χ3v) is 9.63. The van der Waals surface area contributed by atoms with Gasteiger partial charge in [0, 0.05) is 29.8 Å². The molecule has 5 rings (SSSR count). The van der Waals surface area contributed by atoms with Gasteiger partial charge in [-0.2, -0.15) is 0 Å². The second kappa shape index (κ2) is 10.4. The average molecular weight is 588 g/mol. The van der Waals surface area contributed by atoms with Gasteiger partial charge >= 0.3 is 6.09 Å². The summed E-state index contributed by atoms with van der Waals surface area (Å²) in [6.07, 6.45) is 2.65. The van der Waals surface area contributed by atoms with Crippen LogP contribution in [0.3, 0.4) is 0 Å². The average Bonchev–Trinajstić information content (AvgIpc) is 3.80. The lowest BCUT2D eigenvalue weighted by atomic mass is 9.91. The van der Waals surface area contributed by atoms with Gasteiger partial charge in [0.05, 0.1) is 23.3 Å². The molecule has 0 spiro atoms. The van der Waals surface area contributed by atoms with Gasteiger partial charge in [-0.15, -0.1) is 6.58 Å². The lowest BCUT2D eigenvalue weighted by Gasteiger charge is -2.28. The van der Waals surface area contributed by atoms with Gasteiger partial charge in [0.1, 0.15) is 17.5 Å². The number of carbonyl (C=O) groups excluding carboxylic acids is 3. The van der Waals surface area contributed by atoms with Crippen LogP contribution in [-0.2, 0) is 24.3 Å². The standard InChI is InChI=1S/C29H34FN3O7S/c1-5-17-14-29(17,26(35)32-41(37,38)19-9-10-19)15-24(34)23-13-18(16-33(23)27(36)40-28(2,3)4)39-25-21-7-6-8-22(30)20(21)11-12-31-25/h5-8,11-12,17-19,23H,1,9-10,13-16H2,2-4H3,(H,32,35)/t17-,18?,23?,29-/m1/s1. The number of Topliss-reactive ketones (excluding diaryl/α,β-unsaturated/α-hetero) is 1. The third-order valence-electron chi connectivity index (χ3n) is 7.82. The topological polar surface area (TPSA) is 132 Å². The number of pyridine rings is 1. The van der Waals surface area contributed by atoms with Crippen LogP contribution in [0.1, 0.15) is 52.9 Å². The Morgan fingerprint density at radius 3 is 2.59 bits per heavy atom. The number of fused-ring (bicyclic) bond motifs is 1. The third kappa shape index (κ3) is 5.93. The second-order valence-corrected chi connectivity index (χ2v) is 14.1. The van der Waals surface area contributed by atoms with E-state index in [1.54, 1.807) is 39.0 Å². The molecule has 2 unspecified atom stereocenters. The van der Waals surface area contributed by atoms with Crippen LogP contribution in [0.5, 0.6) is 5.88 Å². The van der Waals surface area contributed by atoms with Gasteiger partial charge in [0.15, 0.2) is 5.78 Å². The molecule has 1 saturated heterocycles. The molecule has 4 atom stereocenters. The minimum Gasteiger partial charge on any atom is -0.472 e. The summed E-state index contributed by atoms with van der Waals surface area (Å²) in [5.74, 6) is -1.78. The van der Waals surface area contributed by atoms with Crippen LogP contribution in [0, 0.1) is 17.2 Å². The predicted octanol–water partition coefficient (Wildman–Crippen LogP) is 3.89. The zero-order valence-corrected chi connectivity index (χ0v) is 24.1. The molecule has 0 bridgehead atoms. The SMILES string of the molecule is C=C[C@@H]1C[C@]1(CC(=O)C1CC(Oc2nccc3c(F)cccc23)CN1C(=O)OC(C)(C)C)C(=O)NS(=O)(=O)C1CC1.